The number of hydrogen-bond acceptors (Lipinski definition) is 3. The Balaban J connectivity index is 3.06. The van der Waals surface area contributed by atoms with Crippen LogP contribution < -0.4 is 5.32 Å². The van der Waals surface area contributed by atoms with Crippen molar-refractivity contribution in [3.05, 3.63) is 35.1 Å². The van der Waals surface area contributed by atoms with Crippen molar-refractivity contribution in [2.24, 2.45) is 0 Å². The van der Waals surface area contributed by atoms with Crippen LogP contribution in [0.3, 0.4) is 0 Å². The van der Waals surface area contributed by atoms with Crippen LogP contribution in [0.2, 0.25) is 0 Å². The Morgan fingerprint density at radius 1 is 1.30 bits per heavy atom. The lowest BCUT2D eigenvalue weighted by molar-refractivity contribution is -0.140. The largest absolute Gasteiger partial charge is 0.480 e. The summed E-state index contributed by atoms with van der Waals surface area (Å²) in [4.78, 5) is 22.1. The van der Waals surface area contributed by atoms with Crippen molar-refractivity contribution < 1.29 is 37.4 Å². The van der Waals surface area contributed by atoms with Crippen molar-refractivity contribution in [3.63, 3.8) is 0 Å². The van der Waals surface area contributed by atoms with Gasteiger partial charge < -0.3 is 15.5 Å². The summed E-state index contributed by atoms with van der Waals surface area (Å²) in [5.74, 6) is -4.21. The van der Waals surface area contributed by atoms with Crippen LogP contribution in [-0.4, -0.2) is 34.7 Å². The van der Waals surface area contributed by atoms with Gasteiger partial charge in [-0.05, 0) is 18.2 Å². The summed E-state index contributed by atoms with van der Waals surface area (Å²) in [6, 6.07) is -0.572. The van der Waals surface area contributed by atoms with Crippen LogP contribution in [-0.2, 0) is 11.0 Å². The zero-order valence-electron chi connectivity index (χ0n) is 9.74. The molecule has 9 heteroatoms. The average Bonchev–Trinajstić information content (AvgIpc) is 2.34. The van der Waals surface area contributed by atoms with E-state index in [4.69, 9.17) is 10.2 Å². The SMILES string of the molecule is O=C(N[C@@H](CO)C(=O)O)c1cc(C(F)(F)F)ccc1F. The summed E-state index contributed by atoms with van der Waals surface area (Å²) >= 11 is 0. The van der Waals surface area contributed by atoms with Crippen LogP contribution in [0.1, 0.15) is 15.9 Å². The lowest BCUT2D eigenvalue weighted by atomic mass is 10.1. The molecule has 0 aliphatic heterocycles. The Kier molecular flexibility index (Phi) is 4.66. The minimum Gasteiger partial charge on any atom is -0.480 e. The number of amides is 1. The van der Waals surface area contributed by atoms with E-state index in [0.29, 0.717) is 12.1 Å². The summed E-state index contributed by atoms with van der Waals surface area (Å²) in [5, 5.41) is 19.0. The van der Waals surface area contributed by atoms with Gasteiger partial charge in [-0.3, -0.25) is 4.79 Å². The number of carboxylic acid groups (broad SMARTS) is 1. The van der Waals surface area contributed by atoms with E-state index >= 15 is 0 Å². The first-order valence-electron chi connectivity index (χ1n) is 5.18. The van der Waals surface area contributed by atoms with E-state index < -0.39 is 47.6 Å². The van der Waals surface area contributed by atoms with Gasteiger partial charge in [0.1, 0.15) is 5.82 Å². The minimum absolute atomic E-state index is 0.265. The number of nitrogens with one attached hydrogen (secondary N) is 1. The third-order valence-electron chi connectivity index (χ3n) is 2.32. The van der Waals surface area contributed by atoms with Gasteiger partial charge in [-0.2, -0.15) is 13.2 Å². The molecule has 0 aromatic heterocycles. The number of carboxylic acids is 1. The number of carbonyl (C=O) groups is 2. The molecule has 0 heterocycles. The van der Waals surface area contributed by atoms with Crippen molar-refractivity contribution in [2.75, 3.05) is 6.61 Å². The molecule has 0 aliphatic rings. The molecule has 0 saturated heterocycles. The number of aliphatic hydroxyl groups is 1. The molecule has 0 bridgehead atoms. The Morgan fingerprint density at radius 2 is 1.90 bits per heavy atom. The predicted molar refractivity (Wildman–Crippen MR) is 57.4 cm³/mol. The monoisotopic (exact) mass is 295 g/mol. The number of alkyl halides is 3. The smallest absolute Gasteiger partial charge is 0.416 e. The van der Waals surface area contributed by atoms with Crippen LogP contribution in [0.5, 0.6) is 0 Å². The summed E-state index contributed by atoms with van der Waals surface area (Å²) < 4.78 is 50.6. The van der Waals surface area contributed by atoms with Crippen molar-refractivity contribution >= 4 is 11.9 Å². The maximum Gasteiger partial charge on any atom is 0.416 e. The number of halogens is 4. The van der Waals surface area contributed by atoms with Gasteiger partial charge in [-0.15, -0.1) is 0 Å². The zero-order valence-corrected chi connectivity index (χ0v) is 9.74. The molecule has 1 aromatic rings. The van der Waals surface area contributed by atoms with Gasteiger partial charge in [0.05, 0.1) is 17.7 Å². The second-order valence-corrected chi connectivity index (χ2v) is 3.74. The predicted octanol–water partition coefficient (Wildman–Crippen LogP) is 1.02. The quantitative estimate of drug-likeness (QED) is 0.724. The topological polar surface area (TPSA) is 86.6 Å². The fourth-order valence-corrected chi connectivity index (χ4v) is 1.30. The molecule has 3 N–H and O–H groups in total. The standard InChI is InChI=1S/C11H9F4NO4/c12-7-2-1-5(11(13,14)15)3-6(7)9(18)16-8(4-17)10(19)20/h1-3,8,17H,4H2,(H,16,18)(H,19,20)/t8-/m0/s1. The van der Waals surface area contributed by atoms with Gasteiger partial charge in [0.15, 0.2) is 6.04 Å². The minimum atomic E-state index is -4.77. The normalized spacial score (nSPS) is 12.8. The maximum absolute atomic E-state index is 13.3. The molecule has 0 unspecified atom stereocenters. The van der Waals surface area contributed by atoms with Crippen molar-refractivity contribution in [3.8, 4) is 0 Å². The Hall–Kier alpha value is -2.16. The molecule has 110 valence electrons. The lowest BCUT2D eigenvalue weighted by Crippen LogP contribution is -2.43. The Morgan fingerprint density at radius 3 is 2.35 bits per heavy atom. The van der Waals surface area contributed by atoms with Crippen LogP contribution in [0.25, 0.3) is 0 Å². The summed E-state index contributed by atoms with van der Waals surface area (Å²) in [5.41, 5.74) is -2.21. The first-order chi connectivity index (χ1) is 9.16. The summed E-state index contributed by atoms with van der Waals surface area (Å²) in [6.45, 7) is -0.984. The van der Waals surface area contributed by atoms with Crippen molar-refractivity contribution in [1.29, 1.82) is 0 Å². The lowest BCUT2D eigenvalue weighted by Gasteiger charge is -2.13. The van der Waals surface area contributed by atoms with Crippen LogP contribution in [0.15, 0.2) is 18.2 Å². The molecule has 0 saturated carbocycles. The molecule has 1 amide bonds. The molecular formula is C11H9F4NO4. The Labute approximate surface area is 109 Å². The number of benzene rings is 1. The maximum atomic E-state index is 13.3. The fraction of sp³-hybridized carbons (Fsp3) is 0.273. The van der Waals surface area contributed by atoms with E-state index in [1.807, 2.05) is 0 Å². The van der Waals surface area contributed by atoms with Gasteiger partial charge >= 0.3 is 12.1 Å². The van der Waals surface area contributed by atoms with Crippen LogP contribution in [0.4, 0.5) is 17.6 Å². The first kappa shape index (κ1) is 15.9. The fourth-order valence-electron chi connectivity index (χ4n) is 1.30. The molecule has 1 aromatic carbocycles. The second-order valence-electron chi connectivity index (χ2n) is 3.74. The molecule has 0 spiro atoms. The number of aliphatic carboxylic acids is 1. The molecule has 1 rings (SSSR count). The van der Waals surface area contributed by atoms with Gasteiger partial charge in [0.2, 0.25) is 0 Å². The summed E-state index contributed by atoms with van der Waals surface area (Å²) in [6.07, 6.45) is -4.77. The van der Waals surface area contributed by atoms with E-state index in [9.17, 15) is 27.2 Å². The molecular weight excluding hydrogens is 286 g/mol. The third-order valence-corrected chi connectivity index (χ3v) is 2.32. The highest BCUT2D eigenvalue weighted by Crippen LogP contribution is 2.30. The number of rotatable bonds is 4. The molecule has 0 fully saturated rings. The highest BCUT2D eigenvalue weighted by Gasteiger charge is 2.32. The molecule has 0 radical (unpaired) electrons. The van der Waals surface area contributed by atoms with Crippen LogP contribution in [0, 0.1) is 5.82 Å². The highest BCUT2D eigenvalue weighted by atomic mass is 19.4. The van der Waals surface area contributed by atoms with E-state index in [2.05, 4.69) is 0 Å². The number of carbonyl (C=O) groups excluding carboxylic acids is 1. The average molecular weight is 295 g/mol. The molecule has 20 heavy (non-hydrogen) atoms. The van der Waals surface area contributed by atoms with E-state index in [1.54, 1.807) is 5.32 Å². The van der Waals surface area contributed by atoms with E-state index in [0.717, 1.165) is 0 Å². The number of aliphatic hydroxyl groups excluding tert-OH is 1. The summed E-state index contributed by atoms with van der Waals surface area (Å²) in [7, 11) is 0. The van der Waals surface area contributed by atoms with Gasteiger partial charge in [0, 0.05) is 0 Å². The highest BCUT2D eigenvalue weighted by molar-refractivity contribution is 5.97. The molecule has 5 nitrogen and oxygen atoms in total. The van der Waals surface area contributed by atoms with Crippen molar-refractivity contribution in [1.82, 2.24) is 5.32 Å². The third kappa shape index (κ3) is 3.67. The van der Waals surface area contributed by atoms with E-state index in [-0.39, 0.29) is 6.07 Å². The molecule has 0 aliphatic carbocycles. The number of hydrogen-bond donors (Lipinski definition) is 3. The zero-order chi connectivity index (χ0) is 15.5. The molecule has 1 atom stereocenters. The van der Waals surface area contributed by atoms with Crippen molar-refractivity contribution in [2.45, 2.75) is 12.2 Å². The van der Waals surface area contributed by atoms with Gasteiger partial charge in [0.25, 0.3) is 5.91 Å². The second kappa shape index (κ2) is 5.87. The van der Waals surface area contributed by atoms with Crippen LogP contribution >= 0.6 is 0 Å². The first-order valence-corrected chi connectivity index (χ1v) is 5.18. The van der Waals surface area contributed by atoms with Gasteiger partial charge in [-0.25, -0.2) is 9.18 Å². The van der Waals surface area contributed by atoms with Gasteiger partial charge in [-0.1, -0.05) is 0 Å². The van der Waals surface area contributed by atoms with E-state index in [1.165, 1.54) is 0 Å². The Bertz CT molecular complexity index is 530.